The lowest BCUT2D eigenvalue weighted by atomic mass is 10.0. The van der Waals surface area contributed by atoms with Crippen LogP contribution in [0.4, 0.5) is 0 Å². The summed E-state index contributed by atoms with van der Waals surface area (Å²) in [6, 6.07) is 8.29. The number of unbranched alkanes of at least 4 members (excludes halogenated alkanes) is 1. The fraction of sp³-hybridized carbons (Fsp3) is 0.367. The normalized spacial score (nSPS) is 13.8. The van der Waals surface area contributed by atoms with Crippen molar-refractivity contribution < 1.29 is 34.2 Å². The lowest BCUT2D eigenvalue weighted by Crippen LogP contribution is -2.58. The molecular formula is C30H39N7O7. The summed E-state index contributed by atoms with van der Waals surface area (Å²) in [5.41, 5.74) is 18.6. The van der Waals surface area contributed by atoms with Crippen molar-refractivity contribution in [2.75, 3.05) is 6.54 Å². The molecule has 236 valence electrons. The maximum Gasteiger partial charge on any atom is 0.326 e. The van der Waals surface area contributed by atoms with Crippen molar-refractivity contribution in [1.82, 2.24) is 20.9 Å². The molecule has 0 aliphatic rings. The van der Waals surface area contributed by atoms with Crippen LogP contribution in [-0.4, -0.2) is 75.5 Å². The number of benzene rings is 2. The number of carboxylic acid groups (broad SMARTS) is 1. The third kappa shape index (κ3) is 9.81. The number of hydrogen-bond donors (Lipinski definition) is 9. The van der Waals surface area contributed by atoms with Gasteiger partial charge in [0.1, 0.15) is 23.9 Å². The summed E-state index contributed by atoms with van der Waals surface area (Å²) in [6.07, 6.45) is 2.33. The quantitative estimate of drug-likeness (QED) is 0.0895. The van der Waals surface area contributed by atoms with Crippen LogP contribution >= 0.6 is 0 Å². The SMILES string of the molecule is NCCCCC(NC(=O)C(Cc1ccc(O)cc1)NC(=O)C(N)CC(N)=O)C(=O)NC(Cc1c[nH]c2ccccc12)C(=O)O. The topological polar surface area (TPSA) is 256 Å². The van der Waals surface area contributed by atoms with Gasteiger partial charge in [-0.1, -0.05) is 30.3 Å². The molecule has 1 aromatic heterocycles. The summed E-state index contributed by atoms with van der Waals surface area (Å²) in [6.45, 7) is 0.345. The summed E-state index contributed by atoms with van der Waals surface area (Å²) >= 11 is 0. The molecule has 0 saturated carbocycles. The summed E-state index contributed by atoms with van der Waals surface area (Å²) in [4.78, 5) is 66.2. The van der Waals surface area contributed by atoms with Gasteiger partial charge < -0.3 is 48.3 Å². The number of para-hydroxylation sites is 1. The third-order valence-corrected chi connectivity index (χ3v) is 7.06. The number of aromatic hydroxyl groups is 1. The van der Waals surface area contributed by atoms with Crippen LogP contribution in [0.1, 0.15) is 36.8 Å². The molecule has 3 rings (SSSR count). The summed E-state index contributed by atoms with van der Waals surface area (Å²) in [7, 11) is 0. The Hall–Kier alpha value is -4.95. The molecular weight excluding hydrogens is 570 g/mol. The Balaban J connectivity index is 1.80. The summed E-state index contributed by atoms with van der Waals surface area (Å²) in [5, 5.41) is 28.0. The van der Waals surface area contributed by atoms with Crippen LogP contribution in [0, 0.1) is 0 Å². The number of primary amides is 1. The first kappa shape index (κ1) is 33.6. The highest BCUT2D eigenvalue weighted by Gasteiger charge is 2.31. The molecule has 2 aromatic carbocycles. The first-order chi connectivity index (χ1) is 21.0. The summed E-state index contributed by atoms with van der Waals surface area (Å²) in [5.74, 6) is -4.33. The number of aliphatic carboxylic acids is 1. The Morgan fingerprint density at radius 3 is 2.11 bits per heavy atom. The second-order valence-corrected chi connectivity index (χ2v) is 10.5. The number of carboxylic acids is 1. The Labute approximate surface area is 253 Å². The maximum atomic E-state index is 13.5. The Morgan fingerprint density at radius 1 is 0.818 bits per heavy atom. The van der Waals surface area contributed by atoms with Crippen molar-refractivity contribution in [2.24, 2.45) is 17.2 Å². The van der Waals surface area contributed by atoms with Crippen LogP contribution < -0.4 is 33.2 Å². The number of phenolic OH excluding ortho intramolecular Hbond substituents is 1. The van der Waals surface area contributed by atoms with Gasteiger partial charge in [-0.2, -0.15) is 0 Å². The molecule has 14 nitrogen and oxygen atoms in total. The molecule has 4 unspecified atom stereocenters. The van der Waals surface area contributed by atoms with Gasteiger partial charge in [-0.25, -0.2) is 4.79 Å². The van der Waals surface area contributed by atoms with E-state index in [0.717, 1.165) is 10.9 Å². The van der Waals surface area contributed by atoms with Crippen molar-refractivity contribution in [3.8, 4) is 5.75 Å². The molecule has 0 aliphatic carbocycles. The highest BCUT2D eigenvalue weighted by molar-refractivity contribution is 5.95. The van der Waals surface area contributed by atoms with Crippen LogP contribution in [0.25, 0.3) is 10.9 Å². The molecule has 3 aromatic rings. The molecule has 44 heavy (non-hydrogen) atoms. The van der Waals surface area contributed by atoms with Gasteiger partial charge >= 0.3 is 5.97 Å². The predicted molar refractivity (Wildman–Crippen MR) is 162 cm³/mol. The molecule has 0 spiro atoms. The van der Waals surface area contributed by atoms with Gasteiger partial charge in [0.25, 0.3) is 0 Å². The van der Waals surface area contributed by atoms with E-state index in [1.54, 1.807) is 18.3 Å². The molecule has 0 fully saturated rings. The first-order valence-electron chi connectivity index (χ1n) is 14.2. The van der Waals surface area contributed by atoms with Crippen LogP contribution in [0.15, 0.2) is 54.7 Å². The van der Waals surface area contributed by atoms with Crippen LogP contribution in [-0.2, 0) is 36.8 Å². The Bertz CT molecular complexity index is 1460. The number of amides is 4. The number of hydrogen-bond acceptors (Lipinski definition) is 8. The lowest BCUT2D eigenvalue weighted by Gasteiger charge is -2.25. The number of rotatable bonds is 17. The van der Waals surface area contributed by atoms with Gasteiger partial charge in [0.05, 0.1) is 12.5 Å². The van der Waals surface area contributed by atoms with E-state index in [2.05, 4.69) is 20.9 Å². The molecule has 12 N–H and O–H groups in total. The number of H-pyrrole nitrogens is 1. The number of nitrogens with one attached hydrogen (secondary N) is 4. The van der Waals surface area contributed by atoms with Gasteiger partial charge in [0, 0.05) is 29.9 Å². The molecule has 4 amide bonds. The molecule has 4 atom stereocenters. The van der Waals surface area contributed by atoms with E-state index >= 15 is 0 Å². The lowest BCUT2D eigenvalue weighted by molar-refractivity contribution is -0.142. The van der Waals surface area contributed by atoms with Gasteiger partial charge in [0.2, 0.25) is 23.6 Å². The molecule has 14 heteroatoms. The molecule has 0 bridgehead atoms. The fourth-order valence-corrected chi connectivity index (χ4v) is 4.69. The molecule has 0 saturated heterocycles. The minimum atomic E-state index is -1.31. The maximum absolute atomic E-state index is 13.5. The summed E-state index contributed by atoms with van der Waals surface area (Å²) < 4.78 is 0. The minimum absolute atomic E-state index is 0.000437. The fourth-order valence-electron chi connectivity index (χ4n) is 4.69. The second-order valence-electron chi connectivity index (χ2n) is 10.5. The predicted octanol–water partition coefficient (Wildman–Crippen LogP) is -0.471. The van der Waals surface area contributed by atoms with E-state index in [-0.39, 0.29) is 25.0 Å². The van der Waals surface area contributed by atoms with Crippen molar-refractivity contribution in [3.63, 3.8) is 0 Å². The van der Waals surface area contributed by atoms with E-state index in [0.29, 0.717) is 30.5 Å². The standard InChI is InChI=1S/C30H39N7O7/c31-12-4-3-7-23(28(41)37-25(30(43)44)14-18-16-34-22-6-2-1-5-20(18)22)35-29(42)24(13-17-8-10-19(38)11-9-17)36-27(40)21(32)15-26(33)39/h1-2,5-6,8-11,16,21,23-25,34,38H,3-4,7,12-15,31-32H2,(H2,33,39)(H,35,42)(H,36,40)(H,37,41)(H,43,44). The van der Waals surface area contributed by atoms with E-state index in [4.69, 9.17) is 17.2 Å². The minimum Gasteiger partial charge on any atom is -0.508 e. The average Bonchev–Trinajstić information content (AvgIpc) is 3.39. The Kier molecular flexibility index (Phi) is 12.2. The monoisotopic (exact) mass is 609 g/mol. The molecule has 0 radical (unpaired) electrons. The number of phenols is 1. The van der Waals surface area contributed by atoms with Crippen LogP contribution in [0.5, 0.6) is 5.75 Å². The zero-order valence-corrected chi connectivity index (χ0v) is 24.1. The number of nitrogens with two attached hydrogens (primary N) is 3. The van der Waals surface area contributed by atoms with Gasteiger partial charge in [-0.3, -0.25) is 19.2 Å². The van der Waals surface area contributed by atoms with Gasteiger partial charge in [-0.05, 0) is 55.1 Å². The number of carbonyl (C=O) groups excluding carboxylic acids is 4. The highest BCUT2D eigenvalue weighted by Crippen LogP contribution is 2.19. The number of carbonyl (C=O) groups is 5. The van der Waals surface area contributed by atoms with E-state index < -0.39 is 60.2 Å². The smallest absolute Gasteiger partial charge is 0.326 e. The van der Waals surface area contributed by atoms with Crippen LogP contribution in [0.3, 0.4) is 0 Å². The molecule has 0 aliphatic heterocycles. The van der Waals surface area contributed by atoms with Crippen molar-refractivity contribution >= 4 is 40.5 Å². The highest BCUT2D eigenvalue weighted by atomic mass is 16.4. The van der Waals surface area contributed by atoms with E-state index in [1.807, 2.05) is 24.3 Å². The van der Waals surface area contributed by atoms with E-state index in [9.17, 15) is 34.2 Å². The number of fused-ring (bicyclic) bond motifs is 1. The van der Waals surface area contributed by atoms with Gasteiger partial charge in [0.15, 0.2) is 0 Å². The average molecular weight is 610 g/mol. The third-order valence-electron chi connectivity index (χ3n) is 7.06. The van der Waals surface area contributed by atoms with Crippen molar-refractivity contribution in [1.29, 1.82) is 0 Å². The number of aromatic nitrogens is 1. The number of aromatic amines is 1. The van der Waals surface area contributed by atoms with Crippen LogP contribution in [0.2, 0.25) is 0 Å². The molecule has 1 heterocycles. The Morgan fingerprint density at radius 2 is 1.45 bits per heavy atom. The van der Waals surface area contributed by atoms with Crippen molar-refractivity contribution in [2.45, 2.75) is 62.7 Å². The zero-order valence-electron chi connectivity index (χ0n) is 24.1. The largest absolute Gasteiger partial charge is 0.508 e. The first-order valence-corrected chi connectivity index (χ1v) is 14.2. The van der Waals surface area contributed by atoms with E-state index in [1.165, 1.54) is 12.1 Å². The van der Waals surface area contributed by atoms with Crippen molar-refractivity contribution in [3.05, 3.63) is 65.9 Å². The second kappa shape index (κ2) is 16.0. The zero-order chi connectivity index (χ0) is 32.2. The van der Waals surface area contributed by atoms with Gasteiger partial charge in [-0.15, -0.1) is 0 Å².